The van der Waals surface area contributed by atoms with Gasteiger partial charge in [0.2, 0.25) is 5.91 Å². The predicted octanol–water partition coefficient (Wildman–Crippen LogP) is 7.33. The van der Waals surface area contributed by atoms with E-state index in [-0.39, 0.29) is 5.91 Å². The first kappa shape index (κ1) is 21.7. The van der Waals surface area contributed by atoms with Crippen molar-refractivity contribution in [1.29, 1.82) is 0 Å². The van der Waals surface area contributed by atoms with Gasteiger partial charge in [0.15, 0.2) is 0 Å². The quantitative estimate of drug-likeness (QED) is 0.294. The average molecular weight is 459 g/mol. The normalized spacial score (nSPS) is 10.8. The van der Waals surface area contributed by atoms with E-state index in [2.05, 4.69) is 10.3 Å². The van der Waals surface area contributed by atoms with Crippen LogP contribution in [0.15, 0.2) is 113 Å². The lowest BCUT2D eigenvalue weighted by molar-refractivity contribution is -0.111. The largest absolute Gasteiger partial charge is 0.456 e. The highest BCUT2D eigenvalue weighted by Gasteiger charge is 2.08. The molecule has 0 spiro atoms. The molecule has 0 bridgehead atoms. The van der Waals surface area contributed by atoms with Gasteiger partial charge >= 0.3 is 0 Å². The van der Waals surface area contributed by atoms with Crippen LogP contribution in [-0.2, 0) is 4.79 Å². The number of anilines is 1. The molecule has 1 amide bonds. The minimum atomic E-state index is -0.227. The van der Waals surface area contributed by atoms with Gasteiger partial charge in [-0.15, -0.1) is 0 Å². The van der Waals surface area contributed by atoms with Gasteiger partial charge in [0, 0.05) is 38.8 Å². The summed E-state index contributed by atoms with van der Waals surface area (Å²) in [5.41, 5.74) is 1.58. The van der Waals surface area contributed by atoms with E-state index in [0.717, 1.165) is 15.4 Å². The van der Waals surface area contributed by atoms with Gasteiger partial charge in [-0.05, 0) is 60.2 Å². The Kier molecular flexibility index (Phi) is 7.23. The van der Waals surface area contributed by atoms with Crippen molar-refractivity contribution in [3.8, 4) is 11.5 Å². The summed E-state index contributed by atoms with van der Waals surface area (Å²) in [5, 5.41) is 3.60. The van der Waals surface area contributed by atoms with Gasteiger partial charge in [-0.1, -0.05) is 53.7 Å². The first-order valence-electron chi connectivity index (χ1n) is 9.84. The summed E-state index contributed by atoms with van der Waals surface area (Å²) in [6.07, 6.45) is 6.61. The fraction of sp³-hybridized carbons (Fsp3) is 0. The first-order chi connectivity index (χ1) is 15.6. The fourth-order valence-corrected chi connectivity index (χ4v) is 3.90. The Morgan fingerprint density at radius 3 is 2.47 bits per heavy atom. The molecule has 3 aromatic carbocycles. The molecule has 4 aromatic rings. The molecule has 0 atom stereocenters. The van der Waals surface area contributed by atoms with Crippen molar-refractivity contribution in [1.82, 2.24) is 4.98 Å². The van der Waals surface area contributed by atoms with E-state index in [1.807, 2.05) is 72.8 Å². The van der Waals surface area contributed by atoms with E-state index in [4.69, 9.17) is 16.3 Å². The van der Waals surface area contributed by atoms with Crippen LogP contribution >= 0.6 is 23.4 Å². The van der Waals surface area contributed by atoms with Crippen molar-refractivity contribution in [2.45, 2.75) is 9.79 Å². The Morgan fingerprint density at radius 2 is 1.72 bits per heavy atom. The van der Waals surface area contributed by atoms with Crippen LogP contribution in [0.3, 0.4) is 0 Å². The number of carbonyl (C=O) groups excluding carboxylic acids is 1. The Morgan fingerprint density at radius 1 is 0.906 bits per heavy atom. The molecule has 0 saturated heterocycles. The predicted molar refractivity (Wildman–Crippen MR) is 130 cm³/mol. The number of carbonyl (C=O) groups is 1. The van der Waals surface area contributed by atoms with Crippen LogP contribution in [0.5, 0.6) is 11.5 Å². The lowest BCUT2D eigenvalue weighted by atomic mass is 10.2. The standard InChI is InChI=1S/C26H19ClN2O2S/c27-20-9-11-24(12-10-20)32-25-16-21(15-23(17-25)31-22-7-4-14-28-18-22)29-26(30)13-8-19-5-2-1-3-6-19/h1-18H,(H,29,30). The number of halogens is 1. The van der Waals surface area contributed by atoms with Gasteiger partial charge < -0.3 is 10.1 Å². The van der Waals surface area contributed by atoms with Crippen LogP contribution in [-0.4, -0.2) is 10.9 Å². The number of nitrogens with zero attached hydrogens (tertiary/aromatic N) is 1. The molecule has 6 heteroatoms. The van der Waals surface area contributed by atoms with Crippen LogP contribution in [0.1, 0.15) is 5.56 Å². The van der Waals surface area contributed by atoms with Crippen LogP contribution in [0.2, 0.25) is 5.02 Å². The maximum absolute atomic E-state index is 12.5. The summed E-state index contributed by atoms with van der Waals surface area (Å²) in [6.45, 7) is 0. The third kappa shape index (κ3) is 6.48. The summed E-state index contributed by atoms with van der Waals surface area (Å²) in [4.78, 5) is 18.5. The SMILES string of the molecule is O=C(C=Cc1ccccc1)Nc1cc(Oc2cccnc2)cc(Sc2ccc(Cl)cc2)c1. The second-order valence-electron chi connectivity index (χ2n) is 6.77. The third-order valence-electron chi connectivity index (χ3n) is 4.29. The highest BCUT2D eigenvalue weighted by Crippen LogP contribution is 2.35. The number of hydrogen-bond donors (Lipinski definition) is 1. The number of rotatable bonds is 7. The second-order valence-corrected chi connectivity index (χ2v) is 8.36. The van der Waals surface area contributed by atoms with Crippen LogP contribution in [0.4, 0.5) is 5.69 Å². The van der Waals surface area contributed by atoms with Crippen molar-refractivity contribution < 1.29 is 9.53 Å². The highest BCUT2D eigenvalue weighted by molar-refractivity contribution is 7.99. The number of nitrogens with one attached hydrogen (secondary N) is 1. The molecule has 32 heavy (non-hydrogen) atoms. The number of amides is 1. The highest BCUT2D eigenvalue weighted by atomic mass is 35.5. The van der Waals surface area contributed by atoms with Gasteiger partial charge in [0.25, 0.3) is 0 Å². The molecule has 0 saturated carbocycles. The molecular formula is C26H19ClN2O2S. The molecule has 1 N–H and O–H groups in total. The van der Waals surface area contributed by atoms with Crippen molar-refractivity contribution >= 4 is 41.0 Å². The monoisotopic (exact) mass is 458 g/mol. The average Bonchev–Trinajstić information content (AvgIpc) is 2.80. The number of aromatic nitrogens is 1. The zero-order chi connectivity index (χ0) is 22.2. The topological polar surface area (TPSA) is 51.2 Å². The van der Waals surface area contributed by atoms with Crippen LogP contribution in [0.25, 0.3) is 6.08 Å². The maximum atomic E-state index is 12.5. The van der Waals surface area contributed by atoms with Crippen molar-refractivity contribution in [2.75, 3.05) is 5.32 Å². The minimum absolute atomic E-state index is 0.227. The number of ether oxygens (including phenoxy) is 1. The van der Waals surface area contributed by atoms with Gasteiger partial charge in [0.05, 0.1) is 6.20 Å². The summed E-state index contributed by atoms with van der Waals surface area (Å²) in [5.74, 6) is 0.983. The lowest BCUT2D eigenvalue weighted by Crippen LogP contribution is -2.07. The summed E-state index contributed by atoms with van der Waals surface area (Å²) in [7, 11) is 0. The molecule has 0 radical (unpaired) electrons. The Hall–Kier alpha value is -3.54. The number of hydrogen-bond acceptors (Lipinski definition) is 4. The van der Waals surface area contributed by atoms with Crippen molar-refractivity contribution in [3.05, 3.63) is 114 Å². The summed E-state index contributed by atoms with van der Waals surface area (Å²) < 4.78 is 5.96. The molecule has 4 nitrogen and oxygen atoms in total. The number of pyridine rings is 1. The molecule has 1 aromatic heterocycles. The van der Waals surface area contributed by atoms with Crippen LogP contribution < -0.4 is 10.1 Å². The molecular weight excluding hydrogens is 440 g/mol. The minimum Gasteiger partial charge on any atom is -0.456 e. The summed E-state index contributed by atoms with van der Waals surface area (Å²) in [6, 6.07) is 26.5. The molecule has 1 heterocycles. The Labute approximate surface area is 195 Å². The Balaban J connectivity index is 1.56. The van der Waals surface area contributed by atoms with Gasteiger partial charge in [-0.2, -0.15) is 0 Å². The molecule has 4 rings (SSSR count). The van der Waals surface area contributed by atoms with E-state index in [1.165, 1.54) is 6.08 Å². The Bertz CT molecular complexity index is 1210. The second kappa shape index (κ2) is 10.7. The van der Waals surface area contributed by atoms with Crippen LogP contribution in [0, 0.1) is 0 Å². The zero-order valence-electron chi connectivity index (χ0n) is 16.9. The smallest absolute Gasteiger partial charge is 0.248 e. The van der Waals surface area contributed by atoms with E-state index < -0.39 is 0 Å². The molecule has 158 valence electrons. The van der Waals surface area contributed by atoms with Crippen molar-refractivity contribution in [3.63, 3.8) is 0 Å². The third-order valence-corrected chi connectivity index (χ3v) is 5.52. The van der Waals surface area contributed by atoms with E-state index >= 15 is 0 Å². The van der Waals surface area contributed by atoms with E-state index in [0.29, 0.717) is 22.2 Å². The summed E-state index contributed by atoms with van der Waals surface area (Å²) >= 11 is 7.55. The maximum Gasteiger partial charge on any atom is 0.248 e. The van der Waals surface area contributed by atoms with E-state index in [9.17, 15) is 4.79 Å². The number of benzene rings is 3. The molecule has 0 aliphatic rings. The van der Waals surface area contributed by atoms with Gasteiger partial charge in [-0.3, -0.25) is 9.78 Å². The molecule has 0 aliphatic heterocycles. The molecule has 0 unspecified atom stereocenters. The van der Waals surface area contributed by atoms with Crippen molar-refractivity contribution in [2.24, 2.45) is 0 Å². The molecule has 0 aliphatic carbocycles. The fourth-order valence-electron chi connectivity index (χ4n) is 2.86. The van der Waals surface area contributed by atoms with Gasteiger partial charge in [-0.25, -0.2) is 0 Å². The zero-order valence-corrected chi connectivity index (χ0v) is 18.5. The van der Waals surface area contributed by atoms with Gasteiger partial charge in [0.1, 0.15) is 11.5 Å². The molecule has 0 fully saturated rings. The lowest BCUT2D eigenvalue weighted by Gasteiger charge is -2.11. The van der Waals surface area contributed by atoms with E-state index in [1.54, 1.807) is 42.4 Å². The first-order valence-corrected chi connectivity index (χ1v) is 11.0.